The van der Waals surface area contributed by atoms with Crippen molar-refractivity contribution in [3.63, 3.8) is 0 Å². The molecule has 2 aromatic rings. The van der Waals surface area contributed by atoms with Crippen LogP contribution in [-0.4, -0.2) is 54.9 Å². The Balaban J connectivity index is 1.85. The summed E-state index contributed by atoms with van der Waals surface area (Å²) in [5.41, 5.74) is 0.895. The molecular weight excluding hydrogens is 589 g/mol. The SMILES string of the molecule is CCOC(=O)CN1C(=O)S/C(=C\c2cc(I)c(OC(=O)c3ccc(OC)cc3)c(OCC)c2)C1=O. The Labute approximate surface area is 219 Å². The number of hydrogen-bond donors (Lipinski definition) is 0. The van der Waals surface area contributed by atoms with Crippen molar-refractivity contribution < 1.29 is 38.1 Å². The van der Waals surface area contributed by atoms with E-state index in [2.05, 4.69) is 0 Å². The molecule has 0 aliphatic carbocycles. The van der Waals surface area contributed by atoms with Crippen LogP contribution in [0.25, 0.3) is 6.08 Å². The molecule has 11 heteroatoms. The van der Waals surface area contributed by atoms with Crippen LogP contribution in [0.2, 0.25) is 0 Å². The van der Waals surface area contributed by atoms with Gasteiger partial charge in [-0.1, -0.05) is 0 Å². The van der Waals surface area contributed by atoms with Crippen molar-refractivity contribution >= 4 is 63.5 Å². The third kappa shape index (κ3) is 6.54. The molecular formula is C24H22INO8S. The van der Waals surface area contributed by atoms with Crippen molar-refractivity contribution in [1.82, 2.24) is 4.90 Å². The van der Waals surface area contributed by atoms with E-state index in [1.807, 2.05) is 22.6 Å². The number of rotatable bonds is 9. The molecule has 1 aliphatic heterocycles. The van der Waals surface area contributed by atoms with Crippen LogP contribution < -0.4 is 14.2 Å². The smallest absolute Gasteiger partial charge is 0.343 e. The fourth-order valence-corrected chi connectivity index (χ4v) is 4.61. The lowest BCUT2D eigenvalue weighted by Gasteiger charge is -2.14. The number of esters is 2. The van der Waals surface area contributed by atoms with Gasteiger partial charge in [-0.3, -0.25) is 19.3 Å². The summed E-state index contributed by atoms with van der Waals surface area (Å²) >= 11 is 2.73. The van der Waals surface area contributed by atoms with E-state index in [0.29, 0.717) is 32.8 Å². The lowest BCUT2D eigenvalue weighted by Crippen LogP contribution is -2.34. The number of ether oxygens (including phenoxy) is 4. The second kappa shape index (κ2) is 12.1. The van der Waals surface area contributed by atoms with Crippen LogP contribution in [0.3, 0.4) is 0 Å². The van der Waals surface area contributed by atoms with Crippen molar-refractivity contribution in [2.45, 2.75) is 13.8 Å². The van der Waals surface area contributed by atoms with Gasteiger partial charge in [0.15, 0.2) is 11.5 Å². The first-order valence-electron chi connectivity index (χ1n) is 10.5. The van der Waals surface area contributed by atoms with Crippen LogP contribution in [0.15, 0.2) is 41.3 Å². The topological polar surface area (TPSA) is 108 Å². The van der Waals surface area contributed by atoms with Gasteiger partial charge in [-0.05, 0) is 96.2 Å². The van der Waals surface area contributed by atoms with E-state index in [-0.39, 0.29) is 17.3 Å². The number of amides is 2. The molecule has 0 bridgehead atoms. The summed E-state index contributed by atoms with van der Waals surface area (Å²) in [5.74, 6) is -0.663. The Morgan fingerprint density at radius 1 is 1.09 bits per heavy atom. The van der Waals surface area contributed by atoms with E-state index in [1.165, 1.54) is 13.2 Å². The number of methoxy groups -OCH3 is 1. The van der Waals surface area contributed by atoms with Gasteiger partial charge in [-0.2, -0.15) is 0 Å². The summed E-state index contributed by atoms with van der Waals surface area (Å²) < 4.78 is 21.8. The Hall–Kier alpha value is -3.06. The predicted molar refractivity (Wildman–Crippen MR) is 138 cm³/mol. The molecule has 0 saturated carbocycles. The number of hydrogen-bond acceptors (Lipinski definition) is 9. The highest BCUT2D eigenvalue weighted by atomic mass is 127. The van der Waals surface area contributed by atoms with E-state index in [9.17, 15) is 19.2 Å². The zero-order valence-corrected chi connectivity index (χ0v) is 22.1. The summed E-state index contributed by atoms with van der Waals surface area (Å²) in [6.45, 7) is 3.44. The first kappa shape index (κ1) is 26.5. The molecule has 0 aromatic heterocycles. The minimum atomic E-state index is -0.660. The molecule has 1 fully saturated rings. The quantitative estimate of drug-likeness (QED) is 0.175. The molecule has 3 rings (SSSR count). The lowest BCUT2D eigenvalue weighted by atomic mass is 10.1. The van der Waals surface area contributed by atoms with Gasteiger partial charge in [0.2, 0.25) is 0 Å². The van der Waals surface area contributed by atoms with E-state index in [1.54, 1.807) is 50.2 Å². The number of carbonyl (C=O) groups excluding carboxylic acids is 4. The Morgan fingerprint density at radius 2 is 1.80 bits per heavy atom. The zero-order chi connectivity index (χ0) is 25.5. The summed E-state index contributed by atoms with van der Waals surface area (Å²) in [6.07, 6.45) is 1.52. The Kier molecular flexibility index (Phi) is 9.15. The first-order valence-corrected chi connectivity index (χ1v) is 12.4. The highest BCUT2D eigenvalue weighted by molar-refractivity contribution is 14.1. The van der Waals surface area contributed by atoms with Gasteiger partial charge < -0.3 is 18.9 Å². The molecule has 2 aromatic carbocycles. The van der Waals surface area contributed by atoms with Crippen molar-refractivity contribution in [3.05, 3.63) is 56.0 Å². The molecule has 35 heavy (non-hydrogen) atoms. The maximum atomic E-state index is 12.7. The van der Waals surface area contributed by atoms with Crippen LogP contribution in [0, 0.1) is 3.57 Å². The van der Waals surface area contributed by atoms with Crippen LogP contribution in [-0.2, 0) is 14.3 Å². The van der Waals surface area contributed by atoms with Gasteiger partial charge >= 0.3 is 11.9 Å². The average Bonchev–Trinajstić information content (AvgIpc) is 3.08. The third-order valence-corrected chi connectivity index (χ3v) is 6.32. The fraction of sp³-hybridized carbons (Fsp3) is 0.250. The third-order valence-electron chi connectivity index (χ3n) is 4.62. The van der Waals surface area contributed by atoms with Crippen LogP contribution in [0.4, 0.5) is 4.79 Å². The van der Waals surface area contributed by atoms with Gasteiger partial charge in [0.25, 0.3) is 11.1 Å². The molecule has 0 atom stereocenters. The molecule has 1 heterocycles. The minimum absolute atomic E-state index is 0.152. The largest absolute Gasteiger partial charge is 0.497 e. The number of thioether (sulfide) groups is 1. The predicted octanol–water partition coefficient (Wildman–Crippen LogP) is 4.52. The van der Waals surface area contributed by atoms with Gasteiger partial charge in [0, 0.05) is 0 Å². The Bertz CT molecular complexity index is 1180. The van der Waals surface area contributed by atoms with Gasteiger partial charge in [-0.25, -0.2) is 4.79 Å². The zero-order valence-electron chi connectivity index (χ0n) is 19.2. The average molecular weight is 611 g/mol. The number of imide groups is 1. The minimum Gasteiger partial charge on any atom is -0.497 e. The van der Waals surface area contributed by atoms with Gasteiger partial charge in [-0.15, -0.1) is 0 Å². The number of carbonyl (C=O) groups is 4. The maximum Gasteiger partial charge on any atom is 0.343 e. The maximum absolute atomic E-state index is 12.7. The van der Waals surface area contributed by atoms with Crippen LogP contribution in [0.1, 0.15) is 29.8 Å². The van der Waals surface area contributed by atoms with E-state index in [4.69, 9.17) is 18.9 Å². The summed E-state index contributed by atoms with van der Waals surface area (Å²) in [7, 11) is 1.53. The second-order valence-electron chi connectivity index (χ2n) is 6.95. The van der Waals surface area contributed by atoms with Crippen LogP contribution >= 0.6 is 34.4 Å². The number of halogens is 1. The summed E-state index contributed by atoms with van der Waals surface area (Å²) in [5, 5.41) is -0.556. The Morgan fingerprint density at radius 3 is 2.43 bits per heavy atom. The molecule has 2 amide bonds. The highest BCUT2D eigenvalue weighted by Crippen LogP contribution is 2.38. The number of benzene rings is 2. The standard InChI is InChI=1S/C24H22INO8S/c1-4-32-18-11-14(12-19-22(28)26(24(30)35-19)13-20(27)33-5-2)10-17(25)21(18)34-23(29)15-6-8-16(31-3)9-7-15/h6-12H,4-5,13H2,1-3H3/b19-12-. The van der Waals surface area contributed by atoms with Crippen molar-refractivity contribution in [1.29, 1.82) is 0 Å². The molecule has 1 saturated heterocycles. The summed E-state index contributed by atoms with van der Waals surface area (Å²) in [6, 6.07) is 9.80. The summed E-state index contributed by atoms with van der Waals surface area (Å²) in [4.78, 5) is 50.3. The molecule has 184 valence electrons. The molecule has 0 radical (unpaired) electrons. The number of nitrogens with zero attached hydrogens (tertiary/aromatic N) is 1. The molecule has 1 aliphatic rings. The van der Waals surface area contributed by atoms with Crippen molar-refractivity contribution in [2.75, 3.05) is 26.9 Å². The molecule has 9 nitrogen and oxygen atoms in total. The van der Waals surface area contributed by atoms with Crippen molar-refractivity contribution in [2.24, 2.45) is 0 Å². The van der Waals surface area contributed by atoms with Crippen molar-refractivity contribution in [3.8, 4) is 17.2 Å². The molecule has 0 N–H and O–H groups in total. The van der Waals surface area contributed by atoms with Crippen LogP contribution in [0.5, 0.6) is 17.2 Å². The van der Waals surface area contributed by atoms with E-state index in [0.717, 1.165) is 16.7 Å². The van der Waals surface area contributed by atoms with E-state index >= 15 is 0 Å². The molecule has 0 unspecified atom stereocenters. The fourth-order valence-electron chi connectivity index (χ4n) is 3.04. The lowest BCUT2D eigenvalue weighted by molar-refractivity contribution is -0.145. The van der Waals surface area contributed by atoms with Gasteiger partial charge in [0.05, 0.1) is 34.4 Å². The molecule has 0 spiro atoms. The van der Waals surface area contributed by atoms with E-state index < -0.39 is 29.6 Å². The highest BCUT2D eigenvalue weighted by Gasteiger charge is 2.36. The second-order valence-corrected chi connectivity index (χ2v) is 9.11. The normalized spacial score (nSPS) is 14.3. The van der Waals surface area contributed by atoms with Gasteiger partial charge in [0.1, 0.15) is 12.3 Å². The first-order chi connectivity index (χ1) is 16.8. The monoisotopic (exact) mass is 611 g/mol.